The van der Waals surface area contributed by atoms with E-state index in [2.05, 4.69) is 86.8 Å². The smallest absolute Gasteiger partial charge is 0.361 e. The van der Waals surface area contributed by atoms with Gasteiger partial charge >= 0.3 is 17.9 Å². The molecule has 0 aliphatic carbocycles. The van der Waals surface area contributed by atoms with Gasteiger partial charge < -0.3 is 28.5 Å². The molecule has 0 heterocycles. The van der Waals surface area contributed by atoms with Gasteiger partial charge in [-0.25, -0.2) is 4.79 Å². The third kappa shape index (κ3) is 44.8. The fourth-order valence-electron chi connectivity index (χ4n) is 6.43. The molecule has 2 atom stereocenters. The number of carbonyl (C=O) groups excluding carboxylic acids is 2. The van der Waals surface area contributed by atoms with Gasteiger partial charge in [0, 0.05) is 12.8 Å². The van der Waals surface area contributed by atoms with Crippen LogP contribution in [0.5, 0.6) is 0 Å². The van der Waals surface area contributed by atoms with Crippen molar-refractivity contribution in [2.45, 2.75) is 200 Å². The van der Waals surface area contributed by atoms with Crippen molar-refractivity contribution in [2.24, 2.45) is 0 Å². The number of aliphatic carboxylic acids is 1. The minimum absolute atomic E-state index is 0.185. The zero-order valence-corrected chi connectivity index (χ0v) is 40.3. The number of carboxylic acid groups (broad SMARTS) is 1. The van der Waals surface area contributed by atoms with Crippen LogP contribution in [-0.2, 0) is 33.3 Å². The highest BCUT2D eigenvalue weighted by molar-refractivity contribution is 5.71. The third-order valence-electron chi connectivity index (χ3n) is 10.2. The number of rotatable bonds is 44. The summed E-state index contributed by atoms with van der Waals surface area (Å²) in [4.78, 5) is 37.0. The van der Waals surface area contributed by atoms with Crippen molar-refractivity contribution in [3.63, 3.8) is 0 Å². The van der Waals surface area contributed by atoms with Gasteiger partial charge in [-0.3, -0.25) is 9.59 Å². The van der Waals surface area contributed by atoms with Crippen LogP contribution in [0.25, 0.3) is 0 Å². The molecule has 0 saturated carbocycles. The molecule has 9 heteroatoms. The third-order valence-corrected chi connectivity index (χ3v) is 10.2. The van der Waals surface area contributed by atoms with E-state index < -0.39 is 24.3 Å². The van der Waals surface area contributed by atoms with Crippen molar-refractivity contribution in [3.8, 4) is 0 Å². The predicted molar refractivity (Wildman–Crippen MR) is 258 cm³/mol. The van der Waals surface area contributed by atoms with Gasteiger partial charge in [0.2, 0.25) is 0 Å². The average molecular weight is 871 g/mol. The van der Waals surface area contributed by atoms with E-state index in [4.69, 9.17) is 18.9 Å². The first kappa shape index (κ1) is 58.7. The van der Waals surface area contributed by atoms with E-state index in [1.54, 1.807) is 0 Å². The van der Waals surface area contributed by atoms with E-state index in [0.717, 1.165) is 83.5 Å². The van der Waals surface area contributed by atoms with E-state index in [9.17, 15) is 19.5 Å². The number of hydrogen-bond donors (Lipinski definition) is 1. The lowest BCUT2D eigenvalue weighted by atomic mass is 10.0. The largest absolute Gasteiger partial charge is 0.477 e. The molecule has 9 nitrogen and oxygen atoms in total. The standard InChI is InChI=1S/C53H91NO8/c1-6-8-10-12-14-16-17-18-19-20-21-22-23-24-25-26-27-28-29-30-31-32-33-34-35-36-38-40-42-44-51(56)62-49(48-61-53(52(57)58)59-46-45-54(3,4)5)47-60-50(55)43-41-39-37-15-13-11-9-7-2/h8,10,14,16,18-19,21-22,24-25,27-28,49,53H,6-7,9,11-13,15,17,20,23,26,29-48H2,1-5H3/p+1/b10-8-,16-14-,19-18-,22-21-,25-24-,28-27-. The summed E-state index contributed by atoms with van der Waals surface area (Å²) < 4.78 is 22.7. The molecule has 0 aliphatic heterocycles. The molecule has 356 valence electrons. The molecule has 0 fully saturated rings. The molecule has 0 aliphatic rings. The van der Waals surface area contributed by atoms with Gasteiger partial charge in [-0.05, 0) is 64.2 Å². The molecule has 1 N–H and O–H groups in total. The Balaban J connectivity index is 4.19. The van der Waals surface area contributed by atoms with Gasteiger partial charge in [-0.15, -0.1) is 0 Å². The van der Waals surface area contributed by atoms with Crippen LogP contribution >= 0.6 is 0 Å². The number of likely N-dealkylation sites (N-methyl/N-ethyl adjacent to an activating group) is 1. The number of carbonyl (C=O) groups is 3. The van der Waals surface area contributed by atoms with Crippen molar-refractivity contribution in [1.29, 1.82) is 0 Å². The zero-order valence-electron chi connectivity index (χ0n) is 40.3. The molecular formula is C53H92NO8+. The maximum absolute atomic E-state index is 12.8. The first-order valence-electron chi connectivity index (χ1n) is 24.6. The van der Waals surface area contributed by atoms with Crippen LogP contribution in [-0.4, -0.2) is 87.4 Å². The van der Waals surface area contributed by atoms with E-state index in [1.165, 1.54) is 70.6 Å². The van der Waals surface area contributed by atoms with Crippen molar-refractivity contribution in [2.75, 3.05) is 47.5 Å². The molecule has 2 unspecified atom stereocenters. The summed E-state index contributed by atoms with van der Waals surface area (Å²) in [5.74, 6) is -2.02. The molecule has 0 rings (SSSR count). The Labute approximate surface area is 379 Å². The minimum atomic E-state index is -1.51. The summed E-state index contributed by atoms with van der Waals surface area (Å²) in [6.45, 7) is 4.71. The Kier molecular flexibility index (Phi) is 42.0. The molecule has 0 aromatic carbocycles. The quantitative estimate of drug-likeness (QED) is 0.0212. The van der Waals surface area contributed by atoms with Crippen LogP contribution in [0.1, 0.15) is 187 Å². The van der Waals surface area contributed by atoms with Crippen LogP contribution < -0.4 is 0 Å². The Morgan fingerprint density at radius 1 is 0.500 bits per heavy atom. The van der Waals surface area contributed by atoms with Crippen LogP contribution in [0.4, 0.5) is 0 Å². The number of hydrogen-bond acceptors (Lipinski definition) is 7. The van der Waals surface area contributed by atoms with Crippen molar-refractivity contribution in [1.82, 2.24) is 0 Å². The van der Waals surface area contributed by atoms with Crippen LogP contribution in [0, 0.1) is 0 Å². The summed E-state index contributed by atoms with van der Waals surface area (Å²) in [7, 11) is 5.95. The topological polar surface area (TPSA) is 108 Å². The highest BCUT2D eigenvalue weighted by Gasteiger charge is 2.25. The maximum atomic E-state index is 12.8. The van der Waals surface area contributed by atoms with Crippen LogP contribution in [0.3, 0.4) is 0 Å². The molecule has 0 spiro atoms. The van der Waals surface area contributed by atoms with Gasteiger partial charge in [0.25, 0.3) is 6.29 Å². The first-order chi connectivity index (χ1) is 30.1. The van der Waals surface area contributed by atoms with E-state index in [0.29, 0.717) is 23.9 Å². The average Bonchev–Trinajstić information content (AvgIpc) is 3.23. The second-order valence-corrected chi connectivity index (χ2v) is 17.4. The Bertz CT molecular complexity index is 1240. The van der Waals surface area contributed by atoms with E-state index in [1.807, 2.05) is 21.1 Å². The number of allylic oxidation sites excluding steroid dienone is 12. The number of esters is 2. The predicted octanol–water partition coefficient (Wildman–Crippen LogP) is 13.5. The number of carboxylic acids is 1. The summed E-state index contributed by atoms with van der Waals surface area (Å²) in [6, 6.07) is 0. The summed E-state index contributed by atoms with van der Waals surface area (Å²) in [5.41, 5.74) is 0. The van der Waals surface area contributed by atoms with Crippen molar-refractivity contribution >= 4 is 17.9 Å². The van der Waals surface area contributed by atoms with Gasteiger partial charge in [-0.2, -0.15) is 0 Å². The normalized spacial score (nSPS) is 13.5. The van der Waals surface area contributed by atoms with Gasteiger partial charge in [0.1, 0.15) is 13.2 Å². The molecule has 0 aromatic heterocycles. The van der Waals surface area contributed by atoms with Crippen LogP contribution in [0.15, 0.2) is 72.9 Å². The number of unbranched alkanes of at least 4 members (excludes halogenated alkanes) is 17. The Morgan fingerprint density at radius 3 is 1.37 bits per heavy atom. The minimum Gasteiger partial charge on any atom is -0.477 e. The number of nitrogens with zero attached hydrogens (tertiary/aromatic N) is 1. The highest BCUT2D eigenvalue weighted by Crippen LogP contribution is 2.14. The lowest BCUT2D eigenvalue weighted by Crippen LogP contribution is -2.40. The number of ether oxygens (including phenoxy) is 4. The Morgan fingerprint density at radius 2 is 0.919 bits per heavy atom. The monoisotopic (exact) mass is 871 g/mol. The molecule has 0 aromatic rings. The Hall–Kier alpha value is -3.27. The van der Waals surface area contributed by atoms with Gasteiger partial charge in [0.15, 0.2) is 6.10 Å². The lowest BCUT2D eigenvalue weighted by molar-refractivity contribution is -0.870. The summed E-state index contributed by atoms with van der Waals surface area (Å²) in [6.07, 6.45) is 52.7. The zero-order chi connectivity index (χ0) is 45.6. The first-order valence-corrected chi connectivity index (χ1v) is 24.6. The van der Waals surface area contributed by atoms with Crippen molar-refractivity contribution in [3.05, 3.63) is 72.9 Å². The second kappa shape index (κ2) is 44.3. The fourth-order valence-corrected chi connectivity index (χ4v) is 6.43. The molecule has 0 saturated heterocycles. The molecule has 0 bridgehead atoms. The molecule has 62 heavy (non-hydrogen) atoms. The number of quaternary nitrogens is 1. The molecule has 0 amide bonds. The molecule has 0 radical (unpaired) electrons. The second-order valence-electron chi connectivity index (χ2n) is 17.4. The summed E-state index contributed by atoms with van der Waals surface area (Å²) in [5, 5.41) is 9.63. The SMILES string of the molecule is CC/C=C\C/C=C\C/C=C\C/C=C\C/C=C\C/C=C\CCCCCCCCCCCCC(=O)OC(COC(=O)CCCCCCCCCC)COC(OCC[N+](C)(C)C)C(=O)O. The fraction of sp³-hybridized carbons (Fsp3) is 0.717. The lowest BCUT2D eigenvalue weighted by Gasteiger charge is -2.25. The maximum Gasteiger partial charge on any atom is 0.361 e. The van der Waals surface area contributed by atoms with E-state index >= 15 is 0 Å². The molecular weight excluding hydrogens is 779 g/mol. The van der Waals surface area contributed by atoms with Gasteiger partial charge in [-0.1, -0.05) is 183 Å². The van der Waals surface area contributed by atoms with Crippen LogP contribution in [0.2, 0.25) is 0 Å². The summed E-state index contributed by atoms with van der Waals surface area (Å²) >= 11 is 0. The van der Waals surface area contributed by atoms with Crippen molar-refractivity contribution < 1.29 is 42.9 Å². The van der Waals surface area contributed by atoms with Gasteiger partial charge in [0.05, 0.1) is 34.4 Å². The van der Waals surface area contributed by atoms with E-state index in [-0.39, 0.29) is 32.2 Å². The highest BCUT2D eigenvalue weighted by atomic mass is 16.7.